The van der Waals surface area contributed by atoms with E-state index in [4.69, 9.17) is 10.00 Å². The molecule has 0 saturated carbocycles. The minimum Gasteiger partial charge on any atom is -0.457 e. The van der Waals surface area contributed by atoms with Gasteiger partial charge in [0.15, 0.2) is 0 Å². The minimum absolute atomic E-state index is 0.0216. The van der Waals surface area contributed by atoms with Crippen molar-refractivity contribution in [2.45, 2.75) is 6.61 Å². The van der Waals surface area contributed by atoms with Gasteiger partial charge in [-0.05, 0) is 29.8 Å². The van der Waals surface area contributed by atoms with Gasteiger partial charge in [0.05, 0.1) is 22.1 Å². The molecule has 122 valence electrons. The zero-order valence-electron chi connectivity index (χ0n) is 13.2. The van der Waals surface area contributed by atoms with Crippen LogP contribution in [0.2, 0.25) is 0 Å². The number of carbonyl (C=O) groups excluding carboxylic acids is 1. The standard InChI is InChI=1S/C17H15N3O4/c1-19(2)15-8-7-14(9-16(15)20(22)23)17(21)24-11-13-5-3-12(10-18)4-6-13/h3-9H,11H2,1-2H3. The summed E-state index contributed by atoms with van der Waals surface area (Å²) in [6.07, 6.45) is 0. The number of hydrogen-bond acceptors (Lipinski definition) is 6. The van der Waals surface area contributed by atoms with Crippen LogP contribution < -0.4 is 4.90 Å². The Morgan fingerprint density at radius 2 is 1.92 bits per heavy atom. The minimum atomic E-state index is -0.646. The van der Waals surface area contributed by atoms with Crippen LogP contribution in [0.1, 0.15) is 21.5 Å². The third kappa shape index (κ3) is 3.87. The second-order valence-corrected chi connectivity index (χ2v) is 5.24. The topological polar surface area (TPSA) is 96.5 Å². The molecule has 0 heterocycles. The van der Waals surface area contributed by atoms with Crippen LogP contribution in [0.5, 0.6) is 0 Å². The quantitative estimate of drug-likeness (QED) is 0.476. The van der Waals surface area contributed by atoms with Crippen LogP contribution in [-0.4, -0.2) is 25.0 Å². The number of carbonyl (C=O) groups is 1. The van der Waals surface area contributed by atoms with E-state index in [1.807, 2.05) is 6.07 Å². The molecular formula is C17H15N3O4. The number of nitro groups is 1. The van der Waals surface area contributed by atoms with Crippen molar-refractivity contribution in [1.29, 1.82) is 5.26 Å². The largest absolute Gasteiger partial charge is 0.457 e. The maximum Gasteiger partial charge on any atom is 0.338 e. The van der Waals surface area contributed by atoms with Crippen molar-refractivity contribution in [3.63, 3.8) is 0 Å². The molecule has 0 bridgehead atoms. The molecule has 0 aromatic heterocycles. The van der Waals surface area contributed by atoms with Gasteiger partial charge in [-0.1, -0.05) is 12.1 Å². The van der Waals surface area contributed by atoms with E-state index < -0.39 is 10.9 Å². The molecule has 0 aliphatic rings. The number of esters is 1. The van der Waals surface area contributed by atoms with Gasteiger partial charge in [0.1, 0.15) is 12.3 Å². The molecule has 0 saturated heterocycles. The van der Waals surface area contributed by atoms with E-state index in [9.17, 15) is 14.9 Å². The summed E-state index contributed by atoms with van der Waals surface area (Å²) in [5, 5.41) is 19.9. The van der Waals surface area contributed by atoms with E-state index in [0.717, 1.165) is 5.56 Å². The molecule has 2 aromatic carbocycles. The number of nitriles is 1. The molecule has 2 rings (SSSR count). The Labute approximate surface area is 138 Å². The Morgan fingerprint density at radius 3 is 2.46 bits per heavy atom. The molecule has 2 aromatic rings. The van der Waals surface area contributed by atoms with Crippen molar-refractivity contribution >= 4 is 17.3 Å². The lowest BCUT2D eigenvalue weighted by Crippen LogP contribution is -2.12. The first-order valence-electron chi connectivity index (χ1n) is 7.04. The van der Waals surface area contributed by atoms with E-state index in [1.165, 1.54) is 18.2 Å². The van der Waals surface area contributed by atoms with Crippen molar-refractivity contribution in [2.24, 2.45) is 0 Å². The fraction of sp³-hybridized carbons (Fsp3) is 0.176. The summed E-state index contributed by atoms with van der Waals surface area (Å²) in [6, 6.07) is 12.8. The summed E-state index contributed by atoms with van der Waals surface area (Å²) < 4.78 is 5.16. The fourth-order valence-corrected chi connectivity index (χ4v) is 2.08. The summed E-state index contributed by atoms with van der Waals surface area (Å²) in [7, 11) is 3.37. The lowest BCUT2D eigenvalue weighted by Gasteiger charge is -2.13. The molecule has 24 heavy (non-hydrogen) atoms. The van der Waals surface area contributed by atoms with Gasteiger partial charge in [0.2, 0.25) is 0 Å². The Kier molecular flexibility index (Phi) is 5.12. The molecule has 0 amide bonds. The average Bonchev–Trinajstić information content (AvgIpc) is 2.59. The summed E-state index contributed by atoms with van der Waals surface area (Å²) in [5.41, 5.74) is 1.60. The molecule has 0 unspecified atom stereocenters. The molecule has 0 radical (unpaired) electrons. The highest BCUT2D eigenvalue weighted by molar-refractivity contribution is 5.91. The maximum atomic E-state index is 12.1. The van der Waals surface area contributed by atoms with E-state index in [-0.39, 0.29) is 17.9 Å². The Morgan fingerprint density at radius 1 is 1.25 bits per heavy atom. The predicted molar refractivity (Wildman–Crippen MR) is 87.7 cm³/mol. The van der Waals surface area contributed by atoms with Crippen LogP contribution in [0, 0.1) is 21.4 Å². The highest BCUT2D eigenvalue weighted by Crippen LogP contribution is 2.28. The first-order valence-corrected chi connectivity index (χ1v) is 7.04. The molecule has 7 heteroatoms. The smallest absolute Gasteiger partial charge is 0.338 e. The van der Waals surface area contributed by atoms with Gasteiger partial charge in [0.25, 0.3) is 5.69 Å². The third-order valence-electron chi connectivity index (χ3n) is 3.34. The van der Waals surface area contributed by atoms with Crippen LogP contribution in [0.15, 0.2) is 42.5 Å². The zero-order valence-corrected chi connectivity index (χ0v) is 13.2. The molecule has 0 aliphatic carbocycles. The number of nitrogens with zero attached hydrogens (tertiary/aromatic N) is 3. The first-order chi connectivity index (χ1) is 11.4. The second kappa shape index (κ2) is 7.24. The van der Waals surface area contributed by atoms with Crippen LogP contribution in [0.25, 0.3) is 0 Å². The van der Waals surface area contributed by atoms with E-state index in [0.29, 0.717) is 11.3 Å². The SMILES string of the molecule is CN(C)c1ccc(C(=O)OCc2ccc(C#N)cc2)cc1[N+](=O)[O-]. The van der Waals surface area contributed by atoms with E-state index in [1.54, 1.807) is 43.3 Å². The van der Waals surface area contributed by atoms with Gasteiger partial charge >= 0.3 is 5.97 Å². The number of benzene rings is 2. The number of rotatable bonds is 5. The van der Waals surface area contributed by atoms with E-state index in [2.05, 4.69) is 0 Å². The number of hydrogen-bond donors (Lipinski definition) is 0. The van der Waals surface area contributed by atoms with Gasteiger partial charge in [-0.3, -0.25) is 10.1 Å². The fourth-order valence-electron chi connectivity index (χ4n) is 2.08. The lowest BCUT2D eigenvalue weighted by atomic mass is 10.1. The van der Waals surface area contributed by atoms with Crippen molar-refractivity contribution in [3.05, 3.63) is 69.3 Å². The molecule has 0 spiro atoms. The monoisotopic (exact) mass is 325 g/mol. The molecular weight excluding hydrogens is 310 g/mol. The number of anilines is 1. The van der Waals surface area contributed by atoms with E-state index >= 15 is 0 Å². The summed E-state index contributed by atoms with van der Waals surface area (Å²) in [4.78, 5) is 24.3. The first kappa shape index (κ1) is 17.0. The second-order valence-electron chi connectivity index (χ2n) is 5.24. The highest BCUT2D eigenvalue weighted by atomic mass is 16.6. The molecule has 0 aliphatic heterocycles. The van der Waals surface area contributed by atoms with Crippen LogP contribution in [0.3, 0.4) is 0 Å². The zero-order chi connectivity index (χ0) is 17.7. The normalized spacial score (nSPS) is 9.88. The summed E-state index contributed by atoms with van der Waals surface area (Å²) >= 11 is 0. The van der Waals surface area contributed by atoms with Gasteiger partial charge in [-0.15, -0.1) is 0 Å². The molecule has 0 N–H and O–H groups in total. The Bertz CT molecular complexity index is 808. The van der Waals surface area contributed by atoms with Gasteiger partial charge in [-0.25, -0.2) is 4.79 Å². The third-order valence-corrected chi connectivity index (χ3v) is 3.34. The molecule has 7 nitrogen and oxygen atoms in total. The van der Waals surface area contributed by atoms with Crippen molar-refractivity contribution in [1.82, 2.24) is 0 Å². The van der Waals surface area contributed by atoms with Gasteiger partial charge in [-0.2, -0.15) is 5.26 Å². The Balaban J connectivity index is 2.13. The summed E-state index contributed by atoms with van der Waals surface area (Å²) in [5.74, 6) is -0.646. The maximum absolute atomic E-state index is 12.1. The van der Waals surface area contributed by atoms with Gasteiger partial charge < -0.3 is 9.64 Å². The van der Waals surface area contributed by atoms with Crippen molar-refractivity contribution in [3.8, 4) is 6.07 Å². The number of nitro benzene ring substituents is 1. The molecule has 0 fully saturated rings. The molecule has 0 atom stereocenters. The van der Waals surface area contributed by atoms with Crippen LogP contribution in [0.4, 0.5) is 11.4 Å². The van der Waals surface area contributed by atoms with Crippen LogP contribution >= 0.6 is 0 Å². The van der Waals surface area contributed by atoms with Crippen molar-refractivity contribution < 1.29 is 14.5 Å². The predicted octanol–water partition coefficient (Wildman–Crippen LogP) is 2.89. The van der Waals surface area contributed by atoms with Crippen molar-refractivity contribution in [2.75, 3.05) is 19.0 Å². The average molecular weight is 325 g/mol. The van der Waals surface area contributed by atoms with Crippen LogP contribution in [-0.2, 0) is 11.3 Å². The van der Waals surface area contributed by atoms with Gasteiger partial charge in [0, 0.05) is 20.2 Å². The highest BCUT2D eigenvalue weighted by Gasteiger charge is 2.19. The number of ether oxygens (including phenoxy) is 1. The lowest BCUT2D eigenvalue weighted by molar-refractivity contribution is -0.384. The Hall–Kier alpha value is -3.40. The summed E-state index contributed by atoms with van der Waals surface area (Å²) in [6.45, 7) is 0.0216.